The maximum absolute atomic E-state index is 12.5. The summed E-state index contributed by atoms with van der Waals surface area (Å²) in [4.78, 5) is 15.4. The standard InChI is InChI=1S/C14H12F3N3O/c1-9-4-2-3-5-11(9)19-13(21)20-12-8-10(6-7-18-12)14(15,16)17/h2-8H,1H3,(H2,18,19,20,21). The third kappa shape index (κ3) is 3.95. The van der Waals surface area contributed by atoms with Gasteiger partial charge in [0.2, 0.25) is 0 Å². The molecule has 2 amide bonds. The van der Waals surface area contributed by atoms with Crippen molar-refractivity contribution in [1.29, 1.82) is 0 Å². The smallest absolute Gasteiger partial charge is 0.307 e. The molecular formula is C14H12F3N3O. The van der Waals surface area contributed by atoms with E-state index in [4.69, 9.17) is 0 Å². The molecule has 0 spiro atoms. The minimum Gasteiger partial charge on any atom is -0.307 e. The van der Waals surface area contributed by atoms with Gasteiger partial charge in [0.05, 0.1) is 5.56 Å². The first kappa shape index (κ1) is 14.8. The second-order valence-electron chi connectivity index (χ2n) is 4.32. The lowest BCUT2D eigenvalue weighted by Crippen LogP contribution is -2.21. The summed E-state index contributed by atoms with van der Waals surface area (Å²) in [5, 5.41) is 4.81. The number of halogens is 3. The Balaban J connectivity index is 2.08. The summed E-state index contributed by atoms with van der Waals surface area (Å²) >= 11 is 0. The van der Waals surface area contributed by atoms with E-state index < -0.39 is 17.8 Å². The summed E-state index contributed by atoms with van der Waals surface area (Å²) in [5.41, 5.74) is 0.537. The molecule has 0 fully saturated rings. The highest BCUT2D eigenvalue weighted by atomic mass is 19.4. The van der Waals surface area contributed by atoms with Crippen molar-refractivity contribution in [2.24, 2.45) is 0 Å². The zero-order valence-electron chi connectivity index (χ0n) is 11.0. The number of amides is 2. The molecule has 2 N–H and O–H groups in total. The number of pyridine rings is 1. The van der Waals surface area contributed by atoms with Gasteiger partial charge in [0, 0.05) is 11.9 Å². The third-order valence-electron chi connectivity index (χ3n) is 2.72. The molecule has 4 nitrogen and oxygen atoms in total. The molecule has 0 bridgehead atoms. The van der Waals surface area contributed by atoms with Gasteiger partial charge in [0.15, 0.2) is 0 Å². The van der Waals surface area contributed by atoms with Crippen LogP contribution < -0.4 is 10.6 Å². The third-order valence-corrected chi connectivity index (χ3v) is 2.72. The van der Waals surface area contributed by atoms with E-state index in [0.717, 1.165) is 23.9 Å². The molecule has 1 aromatic carbocycles. The van der Waals surface area contributed by atoms with Gasteiger partial charge in [0.1, 0.15) is 5.82 Å². The molecule has 0 aliphatic rings. The number of urea groups is 1. The average Bonchev–Trinajstić information content (AvgIpc) is 2.41. The summed E-state index contributed by atoms with van der Waals surface area (Å²) in [7, 11) is 0. The Hall–Kier alpha value is -2.57. The van der Waals surface area contributed by atoms with Crippen LogP contribution in [0.15, 0.2) is 42.6 Å². The molecule has 0 aliphatic carbocycles. The van der Waals surface area contributed by atoms with Gasteiger partial charge in [-0.1, -0.05) is 18.2 Å². The van der Waals surface area contributed by atoms with E-state index in [1.165, 1.54) is 0 Å². The van der Waals surface area contributed by atoms with Gasteiger partial charge in [-0.2, -0.15) is 13.2 Å². The van der Waals surface area contributed by atoms with Gasteiger partial charge in [-0.25, -0.2) is 9.78 Å². The number of aromatic nitrogens is 1. The van der Waals surface area contributed by atoms with Crippen molar-refractivity contribution in [3.63, 3.8) is 0 Å². The van der Waals surface area contributed by atoms with Crippen LogP contribution in [0.1, 0.15) is 11.1 Å². The number of benzene rings is 1. The Bertz CT molecular complexity index is 656. The van der Waals surface area contributed by atoms with E-state index in [-0.39, 0.29) is 5.82 Å². The number of nitrogens with zero attached hydrogens (tertiary/aromatic N) is 1. The van der Waals surface area contributed by atoms with Crippen molar-refractivity contribution in [3.05, 3.63) is 53.7 Å². The van der Waals surface area contributed by atoms with Gasteiger partial charge in [-0.15, -0.1) is 0 Å². The Kier molecular flexibility index (Phi) is 4.11. The Morgan fingerprint density at radius 1 is 1.14 bits per heavy atom. The van der Waals surface area contributed by atoms with Gasteiger partial charge in [-0.05, 0) is 30.7 Å². The van der Waals surface area contributed by atoms with Crippen LogP contribution in [-0.2, 0) is 6.18 Å². The van der Waals surface area contributed by atoms with Gasteiger partial charge >= 0.3 is 12.2 Å². The quantitative estimate of drug-likeness (QED) is 0.878. The predicted molar refractivity (Wildman–Crippen MR) is 73.1 cm³/mol. The molecule has 0 atom stereocenters. The molecule has 21 heavy (non-hydrogen) atoms. The molecule has 0 aliphatic heterocycles. The summed E-state index contributed by atoms with van der Waals surface area (Å²) in [6, 6.07) is 8.00. The fourth-order valence-electron chi connectivity index (χ4n) is 1.66. The molecule has 2 aromatic rings. The molecule has 0 saturated heterocycles. The molecule has 7 heteroatoms. The molecule has 0 radical (unpaired) electrons. The predicted octanol–water partition coefficient (Wildman–Crippen LogP) is 4.05. The minimum absolute atomic E-state index is 0.170. The van der Waals surface area contributed by atoms with Crippen LogP contribution in [-0.4, -0.2) is 11.0 Å². The number of nitrogens with one attached hydrogen (secondary N) is 2. The number of alkyl halides is 3. The fourth-order valence-corrected chi connectivity index (χ4v) is 1.66. The van der Waals surface area contributed by atoms with Crippen molar-refractivity contribution in [2.45, 2.75) is 13.1 Å². The minimum atomic E-state index is -4.48. The largest absolute Gasteiger partial charge is 0.416 e. The summed E-state index contributed by atoms with van der Waals surface area (Å²) in [5.74, 6) is -0.170. The van der Waals surface area contributed by atoms with Crippen molar-refractivity contribution in [3.8, 4) is 0 Å². The average molecular weight is 295 g/mol. The number of rotatable bonds is 2. The molecule has 110 valence electrons. The number of anilines is 2. The van der Waals surface area contributed by atoms with Crippen molar-refractivity contribution < 1.29 is 18.0 Å². The van der Waals surface area contributed by atoms with E-state index in [9.17, 15) is 18.0 Å². The van der Waals surface area contributed by atoms with Crippen LogP contribution >= 0.6 is 0 Å². The van der Waals surface area contributed by atoms with E-state index in [0.29, 0.717) is 5.69 Å². The zero-order chi connectivity index (χ0) is 15.5. The maximum Gasteiger partial charge on any atom is 0.416 e. The monoisotopic (exact) mass is 295 g/mol. The lowest BCUT2D eigenvalue weighted by molar-refractivity contribution is -0.137. The first-order valence-electron chi connectivity index (χ1n) is 6.03. The number of aryl methyl sites for hydroxylation is 1. The van der Waals surface area contributed by atoms with E-state index in [1.807, 2.05) is 6.07 Å². The fraction of sp³-hybridized carbons (Fsp3) is 0.143. The van der Waals surface area contributed by atoms with E-state index in [1.54, 1.807) is 25.1 Å². The molecule has 1 aromatic heterocycles. The van der Waals surface area contributed by atoms with Crippen LogP contribution in [0.25, 0.3) is 0 Å². The zero-order valence-corrected chi connectivity index (χ0v) is 11.0. The Labute approximate surface area is 119 Å². The van der Waals surface area contributed by atoms with Crippen LogP contribution in [0.5, 0.6) is 0 Å². The Morgan fingerprint density at radius 2 is 1.86 bits per heavy atom. The second kappa shape index (κ2) is 5.82. The molecule has 1 heterocycles. The number of hydrogen-bond donors (Lipinski definition) is 2. The number of para-hydroxylation sites is 1. The van der Waals surface area contributed by atoms with Gasteiger partial charge in [-0.3, -0.25) is 5.32 Å². The normalized spacial score (nSPS) is 11.0. The van der Waals surface area contributed by atoms with Gasteiger partial charge < -0.3 is 5.32 Å². The number of carbonyl (C=O) groups excluding carboxylic acids is 1. The first-order chi connectivity index (χ1) is 9.86. The molecular weight excluding hydrogens is 283 g/mol. The molecule has 0 saturated carbocycles. The lowest BCUT2D eigenvalue weighted by atomic mass is 10.2. The first-order valence-corrected chi connectivity index (χ1v) is 6.03. The second-order valence-corrected chi connectivity index (χ2v) is 4.32. The number of hydrogen-bond acceptors (Lipinski definition) is 2. The highest BCUT2D eigenvalue weighted by Gasteiger charge is 2.30. The van der Waals surface area contributed by atoms with Crippen LogP contribution in [0, 0.1) is 6.92 Å². The Morgan fingerprint density at radius 3 is 2.52 bits per heavy atom. The van der Waals surface area contributed by atoms with Crippen LogP contribution in [0.4, 0.5) is 29.5 Å². The summed E-state index contributed by atoms with van der Waals surface area (Å²) in [6.45, 7) is 1.80. The van der Waals surface area contributed by atoms with Crippen molar-refractivity contribution in [1.82, 2.24) is 4.98 Å². The SMILES string of the molecule is Cc1ccccc1NC(=O)Nc1cc(C(F)(F)F)ccn1. The topological polar surface area (TPSA) is 54.0 Å². The molecule has 0 unspecified atom stereocenters. The highest BCUT2D eigenvalue weighted by Crippen LogP contribution is 2.29. The van der Waals surface area contributed by atoms with E-state index >= 15 is 0 Å². The maximum atomic E-state index is 12.5. The molecule has 2 rings (SSSR count). The number of carbonyl (C=O) groups is 1. The van der Waals surface area contributed by atoms with E-state index in [2.05, 4.69) is 15.6 Å². The highest BCUT2D eigenvalue weighted by molar-refractivity contribution is 5.99. The van der Waals surface area contributed by atoms with Crippen LogP contribution in [0.2, 0.25) is 0 Å². The van der Waals surface area contributed by atoms with Crippen molar-refractivity contribution >= 4 is 17.5 Å². The summed E-state index contributed by atoms with van der Waals surface area (Å²) < 4.78 is 37.6. The van der Waals surface area contributed by atoms with Gasteiger partial charge in [0.25, 0.3) is 0 Å². The summed E-state index contributed by atoms with van der Waals surface area (Å²) in [6.07, 6.45) is -3.49. The van der Waals surface area contributed by atoms with Crippen LogP contribution in [0.3, 0.4) is 0 Å². The van der Waals surface area contributed by atoms with Crippen molar-refractivity contribution in [2.75, 3.05) is 10.6 Å². The lowest BCUT2D eigenvalue weighted by Gasteiger charge is -2.11.